The molecule has 1 heterocycles. The Hall–Kier alpha value is -1.40. The first-order valence-corrected chi connectivity index (χ1v) is 8.71. The highest BCUT2D eigenvalue weighted by atomic mass is 79.9. The summed E-state index contributed by atoms with van der Waals surface area (Å²) in [6.07, 6.45) is 2.64. The number of hydrogen-bond donors (Lipinski definition) is 2. The fourth-order valence-corrected chi connectivity index (χ4v) is 3.62. The number of carboxylic acid groups (broad SMARTS) is 1. The Balaban J connectivity index is 1.59. The monoisotopic (exact) mass is 381 g/mol. The number of amides is 1. The zero-order valence-corrected chi connectivity index (χ0v) is 14.3. The summed E-state index contributed by atoms with van der Waals surface area (Å²) in [5.41, 5.74) is 1.24. The average Bonchev–Trinajstić information content (AvgIpc) is 2.98. The van der Waals surface area contributed by atoms with Gasteiger partial charge in [-0.1, -0.05) is 34.5 Å². The van der Waals surface area contributed by atoms with E-state index in [-0.39, 0.29) is 11.3 Å². The molecule has 23 heavy (non-hydrogen) atoms. The predicted octanol–water partition coefficient (Wildman–Crippen LogP) is 2.62. The van der Waals surface area contributed by atoms with Gasteiger partial charge in [0, 0.05) is 16.4 Å². The van der Waals surface area contributed by atoms with Crippen LogP contribution in [0.25, 0.3) is 0 Å². The van der Waals surface area contributed by atoms with Crippen molar-refractivity contribution in [3.05, 3.63) is 34.3 Å². The minimum absolute atomic E-state index is 0.00115. The van der Waals surface area contributed by atoms with Crippen LogP contribution in [0.5, 0.6) is 0 Å². The van der Waals surface area contributed by atoms with Gasteiger partial charge in [0.05, 0.1) is 0 Å². The number of halogens is 1. The lowest BCUT2D eigenvalue weighted by Gasteiger charge is -2.42. The van der Waals surface area contributed by atoms with E-state index in [1.165, 1.54) is 5.56 Å². The van der Waals surface area contributed by atoms with Crippen LogP contribution in [0.1, 0.15) is 37.7 Å². The molecule has 6 heteroatoms. The fraction of sp³-hybridized carbons (Fsp3) is 0.529. The minimum atomic E-state index is -0.995. The lowest BCUT2D eigenvalue weighted by atomic mass is 9.64. The van der Waals surface area contributed by atoms with E-state index in [0.29, 0.717) is 19.4 Å². The largest absolute Gasteiger partial charge is 0.479 e. The van der Waals surface area contributed by atoms with E-state index in [9.17, 15) is 9.59 Å². The van der Waals surface area contributed by atoms with Crippen molar-refractivity contribution in [3.63, 3.8) is 0 Å². The van der Waals surface area contributed by atoms with E-state index in [2.05, 4.69) is 33.4 Å². The molecule has 1 aromatic rings. The first-order valence-electron chi connectivity index (χ1n) is 7.92. The zero-order valence-electron chi connectivity index (χ0n) is 12.8. The van der Waals surface area contributed by atoms with Gasteiger partial charge in [-0.15, -0.1) is 0 Å². The van der Waals surface area contributed by atoms with Crippen LogP contribution in [0.15, 0.2) is 28.7 Å². The van der Waals surface area contributed by atoms with E-state index in [1.54, 1.807) is 0 Å². The number of hydrogen-bond acceptors (Lipinski definition) is 3. The maximum absolute atomic E-state index is 12.2. The minimum Gasteiger partial charge on any atom is -0.479 e. The Morgan fingerprint density at radius 2 is 1.87 bits per heavy atom. The van der Waals surface area contributed by atoms with Gasteiger partial charge in [0.15, 0.2) is 6.10 Å². The summed E-state index contributed by atoms with van der Waals surface area (Å²) in [6, 6.07) is 8.24. The number of nitrogens with one attached hydrogen (secondary N) is 1. The predicted molar refractivity (Wildman–Crippen MR) is 88.2 cm³/mol. The number of rotatable bonds is 5. The van der Waals surface area contributed by atoms with Gasteiger partial charge in [0.1, 0.15) is 6.10 Å². The van der Waals surface area contributed by atoms with Gasteiger partial charge in [-0.2, -0.15) is 0 Å². The molecule has 0 spiro atoms. The summed E-state index contributed by atoms with van der Waals surface area (Å²) in [5, 5.41) is 11.9. The molecular weight excluding hydrogens is 362 g/mol. The van der Waals surface area contributed by atoms with Gasteiger partial charge in [0.25, 0.3) is 0 Å². The molecule has 2 N–H and O–H groups in total. The van der Waals surface area contributed by atoms with Crippen LogP contribution in [0.3, 0.4) is 0 Å². The second-order valence-corrected chi connectivity index (χ2v) is 7.30. The quantitative estimate of drug-likeness (QED) is 0.821. The van der Waals surface area contributed by atoms with Crippen LogP contribution in [-0.4, -0.2) is 35.7 Å². The highest BCUT2D eigenvalue weighted by molar-refractivity contribution is 9.10. The van der Waals surface area contributed by atoms with Crippen LogP contribution in [0.2, 0.25) is 0 Å². The Kier molecular flexibility index (Phi) is 4.73. The van der Waals surface area contributed by atoms with E-state index in [0.717, 1.165) is 23.7 Å². The molecule has 1 saturated heterocycles. The lowest BCUT2D eigenvalue weighted by Crippen LogP contribution is -2.48. The van der Waals surface area contributed by atoms with Crippen LogP contribution in [0, 0.1) is 0 Å². The SMILES string of the molecule is O=C(NCC1(c2ccc(Br)cc2)CCC1)[C@@H]1CC[C@H](C(=O)O)O1. The van der Waals surface area contributed by atoms with Crippen molar-refractivity contribution < 1.29 is 19.4 Å². The van der Waals surface area contributed by atoms with Crippen LogP contribution in [-0.2, 0) is 19.7 Å². The van der Waals surface area contributed by atoms with Crippen molar-refractivity contribution in [2.75, 3.05) is 6.54 Å². The van der Waals surface area contributed by atoms with Crippen molar-refractivity contribution in [1.82, 2.24) is 5.32 Å². The molecule has 0 radical (unpaired) electrons. The number of carbonyl (C=O) groups excluding carboxylic acids is 1. The van der Waals surface area contributed by atoms with Gasteiger partial charge >= 0.3 is 5.97 Å². The second kappa shape index (κ2) is 6.61. The van der Waals surface area contributed by atoms with Crippen LogP contribution >= 0.6 is 15.9 Å². The first-order chi connectivity index (χ1) is 11.0. The van der Waals surface area contributed by atoms with Crippen molar-refractivity contribution in [3.8, 4) is 0 Å². The van der Waals surface area contributed by atoms with E-state index < -0.39 is 18.2 Å². The smallest absolute Gasteiger partial charge is 0.332 e. The van der Waals surface area contributed by atoms with Crippen LogP contribution < -0.4 is 5.32 Å². The van der Waals surface area contributed by atoms with Gasteiger partial charge in [0.2, 0.25) is 5.91 Å². The van der Waals surface area contributed by atoms with Crippen molar-refractivity contribution >= 4 is 27.8 Å². The maximum Gasteiger partial charge on any atom is 0.332 e. The topological polar surface area (TPSA) is 75.6 Å². The van der Waals surface area contributed by atoms with Crippen molar-refractivity contribution in [2.24, 2.45) is 0 Å². The molecule has 5 nitrogen and oxygen atoms in total. The molecule has 3 rings (SSSR count). The van der Waals surface area contributed by atoms with Crippen molar-refractivity contribution in [1.29, 1.82) is 0 Å². The molecule has 2 aliphatic rings. The Morgan fingerprint density at radius 1 is 1.22 bits per heavy atom. The number of benzene rings is 1. The number of ether oxygens (including phenoxy) is 1. The normalized spacial score (nSPS) is 25.6. The number of aliphatic carboxylic acids is 1. The first kappa shape index (κ1) is 16.5. The molecule has 0 bridgehead atoms. The molecule has 0 aromatic heterocycles. The molecule has 1 aliphatic carbocycles. The summed E-state index contributed by atoms with van der Waals surface area (Å²) in [7, 11) is 0. The van der Waals surface area contributed by atoms with E-state index >= 15 is 0 Å². The van der Waals surface area contributed by atoms with Gasteiger partial charge < -0.3 is 15.2 Å². The molecule has 1 aromatic carbocycles. The van der Waals surface area contributed by atoms with Gasteiger partial charge in [-0.05, 0) is 43.4 Å². The summed E-state index contributed by atoms with van der Waals surface area (Å²) in [6.45, 7) is 0.574. The standard InChI is InChI=1S/C17H20BrNO4/c18-12-4-2-11(3-5-12)17(8-1-9-17)10-19-15(20)13-6-7-14(23-13)16(21)22/h2-5,13-14H,1,6-10H2,(H,19,20)(H,21,22)/t13-,14+/m0/s1. The van der Waals surface area contributed by atoms with E-state index in [4.69, 9.17) is 9.84 Å². The third-order valence-electron chi connectivity index (χ3n) is 4.96. The average molecular weight is 382 g/mol. The fourth-order valence-electron chi connectivity index (χ4n) is 3.36. The zero-order chi connectivity index (χ0) is 16.4. The summed E-state index contributed by atoms with van der Waals surface area (Å²) in [4.78, 5) is 23.1. The highest BCUT2D eigenvalue weighted by Crippen LogP contribution is 2.43. The molecule has 1 saturated carbocycles. The number of carbonyl (C=O) groups is 2. The second-order valence-electron chi connectivity index (χ2n) is 6.39. The molecule has 2 fully saturated rings. The van der Waals surface area contributed by atoms with Crippen LogP contribution in [0.4, 0.5) is 0 Å². The third-order valence-corrected chi connectivity index (χ3v) is 5.48. The Bertz CT molecular complexity index is 597. The summed E-state index contributed by atoms with van der Waals surface area (Å²) >= 11 is 3.44. The molecule has 0 unspecified atom stereocenters. The van der Waals surface area contributed by atoms with E-state index in [1.807, 2.05) is 12.1 Å². The highest BCUT2D eigenvalue weighted by Gasteiger charge is 2.40. The molecule has 1 amide bonds. The lowest BCUT2D eigenvalue weighted by molar-refractivity contribution is -0.151. The summed E-state index contributed by atoms with van der Waals surface area (Å²) < 4.78 is 6.35. The molecule has 124 valence electrons. The third kappa shape index (κ3) is 3.43. The van der Waals surface area contributed by atoms with Gasteiger partial charge in [-0.25, -0.2) is 4.79 Å². The molecule has 1 aliphatic heterocycles. The molecular formula is C17H20BrNO4. The molecule has 2 atom stereocenters. The summed E-state index contributed by atoms with van der Waals surface area (Å²) in [5.74, 6) is -1.19. The number of carboxylic acids is 1. The maximum atomic E-state index is 12.2. The van der Waals surface area contributed by atoms with Crippen molar-refractivity contribution in [2.45, 2.75) is 49.7 Å². The van der Waals surface area contributed by atoms with Gasteiger partial charge in [-0.3, -0.25) is 4.79 Å². The Labute approximate surface area is 143 Å². The Morgan fingerprint density at radius 3 is 2.39 bits per heavy atom.